The van der Waals surface area contributed by atoms with Crippen molar-refractivity contribution in [3.63, 3.8) is 0 Å². The normalized spacial score (nSPS) is 15.8. The van der Waals surface area contributed by atoms with Crippen molar-refractivity contribution >= 4 is 29.1 Å². The van der Waals surface area contributed by atoms with E-state index in [-0.39, 0.29) is 5.91 Å². The lowest BCUT2D eigenvalue weighted by molar-refractivity contribution is 0.0681. The first-order valence-electron chi connectivity index (χ1n) is 8.19. The molecule has 6 heteroatoms. The number of aromatic nitrogens is 2. The average molecular weight is 366 g/mol. The summed E-state index contributed by atoms with van der Waals surface area (Å²) in [4.78, 5) is 14.5. The van der Waals surface area contributed by atoms with Crippen molar-refractivity contribution in [3.8, 4) is 0 Å². The van der Waals surface area contributed by atoms with Crippen molar-refractivity contribution in [1.29, 1.82) is 0 Å². The van der Waals surface area contributed by atoms with E-state index in [1.165, 1.54) is 5.69 Å². The number of hydrogen-bond donors (Lipinski definition) is 0. The van der Waals surface area contributed by atoms with E-state index in [2.05, 4.69) is 22.8 Å². The average Bonchev–Trinajstić information content (AvgIpc) is 2.87. The predicted molar refractivity (Wildman–Crippen MR) is 96.8 cm³/mol. The van der Waals surface area contributed by atoms with E-state index in [9.17, 15) is 4.79 Å². The SMILES string of the molecule is Cc1cc(C)n(CC2CCN(C(=O)c3cc(Cl)ccc3Cl)CC2)n1. The highest BCUT2D eigenvalue weighted by atomic mass is 35.5. The summed E-state index contributed by atoms with van der Waals surface area (Å²) in [6, 6.07) is 7.11. The topological polar surface area (TPSA) is 38.1 Å². The number of halogens is 2. The van der Waals surface area contributed by atoms with Crippen molar-refractivity contribution in [1.82, 2.24) is 14.7 Å². The zero-order chi connectivity index (χ0) is 17.3. The highest BCUT2D eigenvalue weighted by molar-refractivity contribution is 6.35. The second kappa shape index (κ2) is 7.16. The lowest BCUT2D eigenvalue weighted by Gasteiger charge is -2.32. The molecule has 1 saturated heterocycles. The van der Waals surface area contributed by atoms with Crippen LogP contribution in [0.5, 0.6) is 0 Å². The van der Waals surface area contributed by atoms with Gasteiger partial charge in [0.25, 0.3) is 5.91 Å². The molecule has 0 unspecified atom stereocenters. The van der Waals surface area contributed by atoms with Crippen molar-refractivity contribution < 1.29 is 4.79 Å². The van der Waals surface area contributed by atoms with E-state index in [1.807, 2.05) is 11.8 Å². The van der Waals surface area contributed by atoms with Crippen LogP contribution in [0.1, 0.15) is 34.6 Å². The summed E-state index contributed by atoms with van der Waals surface area (Å²) in [5, 5.41) is 5.51. The van der Waals surface area contributed by atoms with E-state index < -0.39 is 0 Å². The summed E-state index contributed by atoms with van der Waals surface area (Å²) >= 11 is 12.1. The Morgan fingerprint density at radius 1 is 1.21 bits per heavy atom. The van der Waals surface area contributed by atoms with E-state index in [1.54, 1.807) is 18.2 Å². The van der Waals surface area contributed by atoms with Gasteiger partial charge in [0.05, 0.1) is 16.3 Å². The Labute approximate surface area is 152 Å². The van der Waals surface area contributed by atoms with Crippen LogP contribution >= 0.6 is 23.2 Å². The van der Waals surface area contributed by atoms with Gasteiger partial charge in [-0.1, -0.05) is 23.2 Å². The number of hydrogen-bond acceptors (Lipinski definition) is 2. The molecule has 0 N–H and O–H groups in total. The third-order valence-corrected chi connectivity index (χ3v) is 5.16. The maximum absolute atomic E-state index is 12.7. The molecule has 1 amide bonds. The summed E-state index contributed by atoms with van der Waals surface area (Å²) in [5.41, 5.74) is 2.73. The van der Waals surface area contributed by atoms with Gasteiger partial charge in [0, 0.05) is 30.4 Å². The number of amides is 1. The van der Waals surface area contributed by atoms with Gasteiger partial charge in [-0.3, -0.25) is 9.48 Å². The summed E-state index contributed by atoms with van der Waals surface area (Å²) in [6.07, 6.45) is 1.95. The van der Waals surface area contributed by atoms with E-state index >= 15 is 0 Å². The number of benzene rings is 1. The Morgan fingerprint density at radius 2 is 1.92 bits per heavy atom. The molecule has 24 heavy (non-hydrogen) atoms. The molecule has 1 aromatic heterocycles. The fourth-order valence-electron chi connectivity index (χ4n) is 3.25. The Hall–Kier alpha value is -1.52. The second-order valence-corrected chi connectivity index (χ2v) is 7.31. The fraction of sp³-hybridized carbons (Fsp3) is 0.444. The molecule has 0 bridgehead atoms. The molecule has 3 rings (SSSR count). The molecule has 1 aromatic carbocycles. The third kappa shape index (κ3) is 3.76. The van der Waals surface area contributed by atoms with Gasteiger partial charge in [-0.2, -0.15) is 5.10 Å². The summed E-state index contributed by atoms with van der Waals surface area (Å²) < 4.78 is 2.07. The molecule has 0 atom stereocenters. The molecule has 128 valence electrons. The maximum Gasteiger partial charge on any atom is 0.255 e. The summed E-state index contributed by atoms with van der Waals surface area (Å²) in [7, 11) is 0. The second-order valence-electron chi connectivity index (χ2n) is 6.47. The van der Waals surface area contributed by atoms with Crippen LogP contribution < -0.4 is 0 Å². The van der Waals surface area contributed by atoms with Gasteiger partial charge in [-0.05, 0) is 56.9 Å². The zero-order valence-electron chi connectivity index (χ0n) is 13.9. The molecule has 1 aliphatic heterocycles. The van der Waals surface area contributed by atoms with Crippen molar-refractivity contribution in [2.75, 3.05) is 13.1 Å². The van der Waals surface area contributed by atoms with Gasteiger partial charge in [-0.25, -0.2) is 0 Å². The minimum Gasteiger partial charge on any atom is -0.339 e. The number of carbonyl (C=O) groups excluding carboxylic acids is 1. The van der Waals surface area contributed by atoms with Gasteiger partial charge in [0.15, 0.2) is 0 Å². The zero-order valence-corrected chi connectivity index (χ0v) is 15.4. The van der Waals surface area contributed by atoms with Crippen LogP contribution in [-0.4, -0.2) is 33.7 Å². The fourth-order valence-corrected chi connectivity index (χ4v) is 3.63. The van der Waals surface area contributed by atoms with Gasteiger partial charge in [0.1, 0.15) is 0 Å². The van der Waals surface area contributed by atoms with Gasteiger partial charge in [0.2, 0.25) is 0 Å². The van der Waals surface area contributed by atoms with Crippen LogP contribution in [0.4, 0.5) is 0 Å². The molecule has 0 spiro atoms. The van der Waals surface area contributed by atoms with Crippen LogP contribution in [0.3, 0.4) is 0 Å². The van der Waals surface area contributed by atoms with E-state index in [0.717, 1.165) is 38.2 Å². The van der Waals surface area contributed by atoms with Gasteiger partial charge in [-0.15, -0.1) is 0 Å². The molecule has 0 saturated carbocycles. The molecule has 0 radical (unpaired) electrons. The number of rotatable bonds is 3. The molecular formula is C18H21Cl2N3O. The first-order valence-corrected chi connectivity index (χ1v) is 8.95. The molecular weight excluding hydrogens is 345 g/mol. The number of nitrogens with zero attached hydrogens (tertiary/aromatic N) is 3. The van der Waals surface area contributed by atoms with E-state index in [0.29, 0.717) is 21.5 Å². The van der Waals surface area contributed by atoms with Gasteiger partial charge >= 0.3 is 0 Å². The van der Waals surface area contributed by atoms with Crippen LogP contribution in [0.2, 0.25) is 10.0 Å². The Balaban J connectivity index is 1.61. The monoisotopic (exact) mass is 365 g/mol. The molecule has 1 aliphatic rings. The van der Waals surface area contributed by atoms with Crippen LogP contribution in [-0.2, 0) is 6.54 Å². The van der Waals surface area contributed by atoms with Crippen LogP contribution in [0, 0.1) is 19.8 Å². The van der Waals surface area contributed by atoms with Crippen LogP contribution in [0.25, 0.3) is 0 Å². The molecule has 2 heterocycles. The van der Waals surface area contributed by atoms with Crippen molar-refractivity contribution in [2.24, 2.45) is 5.92 Å². The minimum absolute atomic E-state index is 0.0351. The quantitative estimate of drug-likeness (QED) is 0.810. The number of aryl methyl sites for hydroxylation is 2. The maximum atomic E-state index is 12.7. The molecule has 1 fully saturated rings. The van der Waals surface area contributed by atoms with Gasteiger partial charge < -0.3 is 4.90 Å². The lowest BCUT2D eigenvalue weighted by Crippen LogP contribution is -2.39. The van der Waals surface area contributed by atoms with E-state index in [4.69, 9.17) is 23.2 Å². The molecule has 2 aromatic rings. The van der Waals surface area contributed by atoms with Crippen molar-refractivity contribution in [3.05, 3.63) is 51.3 Å². The highest BCUT2D eigenvalue weighted by Crippen LogP contribution is 2.25. The first kappa shape index (κ1) is 17.3. The predicted octanol–water partition coefficient (Wildman–Crippen LogP) is 4.36. The Morgan fingerprint density at radius 3 is 2.54 bits per heavy atom. The smallest absolute Gasteiger partial charge is 0.255 e. The number of carbonyl (C=O) groups is 1. The first-order chi connectivity index (χ1) is 11.4. The molecule has 4 nitrogen and oxygen atoms in total. The largest absolute Gasteiger partial charge is 0.339 e. The Kier molecular flexibility index (Phi) is 5.16. The standard InChI is InChI=1S/C18H21Cl2N3O/c1-12-9-13(2)23(21-12)11-14-5-7-22(8-6-14)18(24)16-10-15(19)3-4-17(16)20/h3-4,9-10,14H,5-8,11H2,1-2H3. The number of likely N-dealkylation sites (tertiary alicyclic amines) is 1. The summed E-state index contributed by atoms with van der Waals surface area (Å²) in [5.74, 6) is 0.508. The van der Waals surface area contributed by atoms with Crippen molar-refractivity contribution in [2.45, 2.75) is 33.2 Å². The molecule has 0 aliphatic carbocycles. The minimum atomic E-state index is -0.0351. The third-order valence-electron chi connectivity index (χ3n) is 4.60. The lowest BCUT2D eigenvalue weighted by atomic mass is 9.96. The highest BCUT2D eigenvalue weighted by Gasteiger charge is 2.25. The summed E-state index contributed by atoms with van der Waals surface area (Å²) in [6.45, 7) is 6.50. The van der Waals surface area contributed by atoms with Crippen LogP contribution in [0.15, 0.2) is 24.3 Å². The number of piperidine rings is 1. The Bertz CT molecular complexity index is 749.